The topological polar surface area (TPSA) is 83.3 Å². The molecule has 100 valence electrons. The number of carbonyl (C=O) groups excluding carboxylic acids is 1. The van der Waals surface area contributed by atoms with E-state index in [4.69, 9.17) is 0 Å². The van der Waals surface area contributed by atoms with Gasteiger partial charge in [0.25, 0.3) is 5.69 Å². The minimum absolute atomic E-state index is 0.0273. The molecule has 20 heavy (non-hydrogen) atoms. The van der Waals surface area contributed by atoms with Crippen molar-refractivity contribution in [2.75, 3.05) is 0 Å². The van der Waals surface area contributed by atoms with E-state index in [0.29, 0.717) is 11.1 Å². The minimum atomic E-state index is -1.30. The van der Waals surface area contributed by atoms with Gasteiger partial charge < -0.3 is 9.90 Å². The molecule has 0 saturated heterocycles. The average molecular weight is 268 g/mol. The summed E-state index contributed by atoms with van der Waals surface area (Å²) in [7, 11) is 0. The van der Waals surface area contributed by atoms with Gasteiger partial charge in [0.1, 0.15) is 0 Å². The molecule has 0 unspecified atom stereocenters. The van der Waals surface area contributed by atoms with Gasteiger partial charge in [-0.2, -0.15) is 0 Å². The van der Waals surface area contributed by atoms with Crippen LogP contribution in [-0.4, -0.2) is 10.9 Å². The first-order valence-electron chi connectivity index (χ1n) is 5.81. The van der Waals surface area contributed by atoms with Gasteiger partial charge in [-0.25, -0.2) is 0 Å². The van der Waals surface area contributed by atoms with Gasteiger partial charge in [-0.15, -0.1) is 0 Å². The first-order valence-corrected chi connectivity index (χ1v) is 5.81. The number of aliphatic carboxylic acids is 1. The fraction of sp³-hybridized carbons (Fsp3) is 0. The predicted molar refractivity (Wildman–Crippen MR) is 72.4 cm³/mol. The van der Waals surface area contributed by atoms with Crippen molar-refractivity contribution in [2.45, 2.75) is 0 Å². The molecular weight excluding hydrogens is 258 g/mol. The van der Waals surface area contributed by atoms with Crippen LogP contribution in [0.3, 0.4) is 0 Å². The quantitative estimate of drug-likeness (QED) is 0.367. The smallest absolute Gasteiger partial charge is 0.269 e. The summed E-state index contributed by atoms with van der Waals surface area (Å²) in [6, 6.07) is 14.2. The van der Waals surface area contributed by atoms with Gasteiger partial charge in [0.15, 0.2) is 0 Å². The number of hydrogen-bond acceptors (Lipinski definition) is 4. The van der Waals surface area contributed by atoms with E-state index in [9.17, 15) is 20.0 Å². The molecule has 0 atom stereocenters. The summed E-state index contributed by atoms with van der Waals surface area (Å²) in [4.78, 5) is 21.2. The van der Waals surface area contributed by atoms with Crippen LogP contribution in [0.15, 0.2) is 54.6 Å². The van der Waals surface area contributed by atoms with Crippen molar-refractivity contribution < 1.29 is 14.8 Å². The van der Waals surface area contributed by atoms with Gasteiger partial charge >= 0.3 is 0 Å². The molecule has 0 fully saturated rings. The van der Waals surface area contributed by atoms with Crippen LogP contribution in [0.4, 0.5) is 5.69 Å². The van der Waals surface area contributed by atoms with E-state index in [2.05, 4.69) is 0 Å². The first-order chi connectivity index (χ1) is 9.58. The number of rotatable bonds is 4. The zero-order valence-electron chi connectivity index (χ0n) is 10.4. The highest BCUT2D eigenvalue weighted by Crippen LogP contribution is 2.19. The van der Waals surface area contributed by atoms with E-state index in [1.54, 1.807) is 30.3 Å². The Bertz CT molecular complexity index is 660. The van der Waals surface area contributed by atoms with Gasteiger partial charge in [-0.3, -0.25) is 10.1 Å². The molecule has 0 bridgehead atoms. The van der Waals surface area contributed by atoms with E-state index in [1.165, 1.54) is 30.3 Å². The Balaban J connectivity index is 2.39. The van der Waals surface area contributed by atoms with Crippen LogP contribution in [0.5, 0.6) is 0 Å². The molecule has 0 aromatic heterocycles. The summed E-state index contributed by atoms with van der Waals surface area (Å²) < 4.78 is 0. The molecule has 0 saturated carbocycles. The van der Waals surface area contributed by atoms with Crippen molar-refractivity contribution in [3.05, 3.63) is 75.8 Å². The number of non-ortho nitro benzene ring substituents is 1. The largest absolute Gasteiger partial charge is 0.545 e. The van der Waals surface area contributed by atoms with Crippen molar-refractivity contribution >= 4 is 23.3 Å². The number of carboxylic acids is 1. The lowest BCUT2D eigenvalue weighted by Gasteiger charge is -2.09. The number of nitro groups is 1. The van der Waals surface area contributed by atoms with Gasteiger partial charge in [0.2, 0.25) is 0 Å². The zero-order valence-corrected chi connectivity index (χ0v) is 10.4. The zero-order chi connectivity index (χ0) is 14.5. The Morgan fingerprint density at radius 2 is 1.60 bits per heavy atom. The van der Waals surface area contributed by atoms with Gasteiger partial charge in [0.05, 0.1) is 10.9 Å². The number of nitro benzene ring substituents is 1. The van der Waals surface area contributed by atoms with Crippen LogP contribution in [-0.2, 0) is 4.79 Å². The van der Waals surface area contributed by atoms with E-state index in [0.717, 1.165) is 0 Å². The number of hydrogen-bond donors (Lipinski definition) is 0. The van der Waals surface area contributed by atoms with E-state index in [1.807, 2.05) is 0 Å². The van der Waals surface area contributed by atoms with E-state index >= 15 is 0 Å². The van der Waals surface area contributed by atoms with Gasteiger partial charge in [0, 0.05) is 17.7 Å². The molecule has 0 N–H and O–H groups in total. The molecule has 0 radical (unpaired) electrons. The lowest BCUT2D eigenvalue weighted by molar-refractivity contribution is -0.384. The molecular formula is C15H10NO4-. The molecule has 2 aromatic rings. The normalized spacial score (nSPS) is 11.1. The third kappa shape index (κ3) is 3.08. The van der Waals surface area contributed by atoms with E-state index < -0.39 is 10.9 Å². The number of benzene rings is 2. The third-order valence-electron chi connectivity index (χ3n) is 2.72. The Labute approximate surface area is 115 Å². The number of carboxylic acid groups (broad SMARTS) is 1. The Kier molecular flexibility index (Phi) is 3.91. The van der Waals surface area contributed by atoms with Crippen molar-refractivity contribution in [3.8, 4) is 0 Å². The Hall–Kier alpha value is -2.95. The second kappa shape index (κ2) is 5.79. The second-order valence-corrected chi connectivity index (χ2v) is 4.06. The number of carbonyl (C=O) groups is 1. The van der Waals surface area contributed by atoms with Gasteiger partial charge in [-0.05, 0) is 29.3 Å². The maximum Gasteiger partial charge on any atom is 0.269 e. The predicted octanol–water partition coefficient (Wildman–Crippen LogP) is 1.89. The summed E-state index contributed by atoms with van der Waals surface area (Å²) in [5.74, 6) is -1.30. The standard InChI is InChI=1S/C15H11NO4/c17-15(18)14(12-4-2-1-3-5-12)10-11-6-8-13(9-7-11)16(19)20/h1-10H,(H,17,18)/p-1/b14-10+. The SMILES string of the molecule is O=C([O-])/C(=C/c1ccc([N+](=O)[O-])cc1)c1ccccc1. The fourth-order valence-electron chi connectivity index (χ4n) is 1.74. The Morgan fingerprint density at radius 3 is 2.10 bits per heavy atom. The molecule has 0 spiro atoms. The fourth-order valence-corrected chi connectivity index (χ4v) is 1.74. The summed E-state index contributed by atoms with van der Waals surface area (Å²) >= 11 is 0. The third-order valence-corrected chi connectivity index (χ3v) is 2.72. The van der Waals surface area contributed by atoms with Crippen LogP contribution < -0.4 is 5.11 Å². The first kappa shape index (κ1) is 13.5. The van der Waals surface area contributed by atoms with Crippen molar-refractivity contribution in [1.29, 1.82) is 0 Å². The molecule has 0 aliphatic carbocycles. The lowest BCUT2D eigenvalue weighted by atomic mass is 10.0. The molecule has 0 aliphatic rings. The molecule has 0 amide bonds. The Morgan fingerprint density at radius 1 is 1.00 bits per heavy atom. The minimum Gasteiger partial charge on any atom is -0.545 e. The summed E-state index contributed by atoms with van der Waals surface area (Å²) in [5.41, 5.74) is 1.06. The molecule has 0 aliphatic heterocycles. The average Bonchev–Trinajstić information content (AvgIpc) is 2.46. The number of nitrogens with zero attached hydrogens (tertiary/aromatic N) is 1. The molecule has 5 heteroatoms. The van der Waals surface area contributed by atoms with Crippen LogP contribution in [0, 0.1) is 10.1 Å². The van der Waals surface area contributed by atoms with Crippen molar-refractivity contribution in [2.24, 2.45) is 0 Å². The summed E-state index contributed by atoms with van der Waals surface area (Å²) in [5, 5.41) is 21.7. The van der Waals surface area contributed by atoms with Crippen LogP contribution in [0.1, 0.15) is 11.1 Å². The maximum absolute atomic E-state index is 11.2. The van der Waals surface area contributed by atoms with Gasteiger partial charge in [-0.1, -0.05) is 30.3 Å². The molecule has 5 nitrogen and oxygen atoms in total. The lowest BCUT2D eigenvalue weighted by Crippen LogP contribution is -2.23. The highest BCUT2D eigenvalue weighted by molar-refractivity contribution is 6.19. The highest BCUT2D eigenvalue weighted by Gasteiger charge is 2.05. The van der Waals surface area contributed by atoms with E-state index in [-0.39, 0.29) is 11.3 Å². The summed E-state index contributed by atoms with van der Waals surface area (Å²) in [6.45, 7) is 0. The maximum atomic E-state index is 11.2. The monoisotopic (exact) mass is 268 g/mol. The molecule has 2 rings (SSSR count). The van der Waals surface area contributed by atoms with Crippen LogP contribution in [0.25, 0.3) is 11.6 Å². The van der Waals surface area contributed by atoms with Crippen LogP contribution >= 0.6 is 0 Å². The molecule has 0 heterocycles. The van der Waals surface area contributed by atoms with Crippen LogP contribution in [0.2, 0.25) is 0 Å². The van der Waals surface area contributed by atoms with Crippen molar-refractivity contribution in [3.63, 3.8) is 0 Å². The molecule has 2 aromatic carbocycles. The second-order valence-electron chi connectivity index (χ2n) is 4.06. The van der Waals surface area contributed by atoms with Crippen molar-refractivity contribution in [1.82, 2.24) is 0 Å². The summed E-state index contributed by atoms with van der Waals surface area (Å²) in [6.07, 6.45) is 1.42. The highest BCUT2D eigenvalue weighted by atomic mass is 16.6.